The van der Waals surface area contributed by atoms with E-state index in [1.54, 1.807) is 0 Å². The number of aliphatic carboxylic acids is 1. The van der Waals surface area contributed by atoms with Crippen LogP contribution in [0.25, 0.3) is 0 Å². The second kappa shape index (κ2) is 4.41. The summed E-state index contributed by atoms with van der Waals surface area (Å²) >= 11 is 1.21. The van der Waals surface area contributed by atoms with E-state index in [1.165, 1.54) is 15.9 Å². The second-order valence-electron chi connectivity index (χ2n) is 3.03. The molecule has 1 aromatic heterocycles. The van der Waals surface area contributed by atoms with Crippen molar-refractivity contribution in [3.63, 3.8) is 0 Å². The Morgan fingerprint density at radius 1 is 1.57 bits per heavy atom. The minimum absolute atomic E-state index is 0.000629. The normalized spacial score (nSPS) is 10.4. The number of carboxylic acids is 1. The first kappa shape index (κ1) is 11.0. The molecule has 1 aromatic rings. The summed E-state index contributed by atoms with van der Waals surface area (Å²) < 4.78 is 1.54. The van der Waals surface area contributed by atoms with Gasteiger partial charge in [-0.15, -0.1) is 0 Å². The van der Waals surface area contributed by atoms with Gasteiger partial charge in [0.05, 0.1) is 6.42 Å². The van der Waals surface area contributed by atoms with Crippen LogP contribution in [0.4, 0.5) is 0 Å². The van der Waals surface area contributed by atoms with Gasteiger partial charge < -0.3 is 9.67 Å². The molecule has 1 N–H and O–H groups in total. The summed E-state index contributed by atoms with van der Waals surface area (Å²) in [4.78, 5) is 22.8. The van der Waals surface area contributed by atoms with Crippen LogP contribution in [0.2, 0.25) is 0 Å². The minimum atomic E-state index is -0.874. The zero-order chi connectivity index (χ0) is 10.7. The maximum Gasteiger partial charge on any atom is 0.307 e. The summed E-state index contributed by atoms with van der Waals surface area (Å²) in [6, 6.07) is 0. The molecule has 0 aliphatic heterocycles. The molecule has 0 radical (unpaired) electrons. The van der Waals surface area contributed by atoms with Crippen LogP contribution in [0.3, 0.4) is 0 Å². The molecule has 4 nitrogen and oxygen atoms in total. The lowest BCUT2D eigenvalue weighted by Gasteiger charge is -2.02. The molecule has 0 bridgehead atoms. The van der Waals surface area contributed by atoms with Crippen molar-refractivity contribution in [1.29, 1.82) is 0 Å². The quantitative estimate of drug-likeness (QED) is 0.822. The first-order chi connectivity index (χ1) is 6.56. The molecule has 0 amide bonds. The van der Waals surface area contributed by atoms with Crippen molar-refractivity contribution in [1.82, 2.24) is 4.57 Å². The summed E-state index contributed by atoms with van der Waals surface area (Å²) in [7, 11) is 0. The highest BCUT2D eigenvalue weighted by molar-refractivity contribution is 7.09. The van der Waals surface area contributed by atoms with E-state index >= 15 is 0 Å². The Kier molecular flexibility index (Phi) is 3.46. The van der Waals surface area contributed by atoms with E-state index in [4.69, 9.17) is 5.11 Å². The molecule has 0 atom stereocenters. The number of aryl methyl sites for hydroxylation is 1. The Bertz CT molecular complexity index is 391. The minimum Gasteiger partial charge on any atom is -0.481 e. The lowest BCUT2D eigenvalue weighted by molar-refractivity contribution is -0.137. The molecule has 0 saturated heterocycles. The van der Waals surface area contributed by atoms with Crippen molar-refractivity contribution in [3.05, 3.63) is 20.2 Å². The van der Waals surface area contributed by atoms with E-state index < -0.39 is 5.97 Å². The average Bonchev–Trinajstić information content (AvgIpc) is 2.39. The van der Waals surface area contributed by atoms with E-state index in [0.29, 0.717) is 0 Å². The summed E-state index contributed by atoms with van der Waals surface area (Å²) in [5.41, 5.74) is 0.906. The lowest BCUT2D eigenvalue weighted by Crippen LogP contribution is -2.16. The molecular weight excluding hydrogens is 202 g/mol. The fourth-order valence-electron chi connectivity index (χ4n) is 1.32. The van der Waals surface area contributed by atoms with Crippen LogP contribution in [0.5, 0.6) is 0 Å². The fourth-order valence-corrected chi connectivity index (χ4v) is 2.27. The number of aromatic nitrogens is 1. The highest BCUT2D eigenvalue weighted by atomic mass is 32.1. The molecule has 0 unspecified atom stereocenters. The van der Waals surface area contributed by atoms with Crippen LogP contribution in [0, 0.1) is 6.92 Å². The largest absolute Gasteiger partial charge is 0.481 e. The first-order valence-corrected chi connectivity index (χ1v) is 5.28. The standard InChI is InChI=1S/C9H13NO3S/c1-3-7-6(2)10(9(13)14-7)5-4-8(11)12/h3-5H2,1-2H3,(H,11,12). The van der Waals surface area contributed by atoms with Gasteiger partial charge in [-0.25, -0.2) is 0 Å². The van der Waals surface area contributed by atoms with Crippen molar-refractivity contribution < 1.29 is 9.90 Å². The third-order valence-corrected chi connectivity index (χ3v) is 3.34. The maximum absolute atomic E-state index is 11.4. The van der Waals surface area contributed by atoms with Crippen LogP contribution in [0.1, 0.15) is 23.9 Å². The predicted octanol–water partition coefficient (Wildman–Crippen LogP) is 1.26. The second-order valence-corrected chi connectivity index (χ2v) is 4.07. The molecular formula is C9H13NO3S. The first-order valence-electron chi connectivity index (χ1n) is 4.47. The van der Waals surface area contributed by atoms with Gasteiger partial charge in [-0.2, -0.15) is 0 Å². The smallest absolute Gasteiger partial charge is 0.307 e. The molecule has 1 rings (SSSR count). The molecule has 0 aliphatic rings. The van der Waals surface area contributed by atoms with Gasteiger partial charge in [0.1, 0.15) is 0 Å². The van der Waals surface area contributed by atoms with Gasteiger partial charge in [0.2, 0.25) is 0 Å². The number of nitrogens with zero attached hydrogens (tertiary/aromatic N) is 1. The molecule has 1 heterocycles. The van der Waals surface area contributed by atoms with Crippen LogP contribution in [-0.2, 0) is 17.8 Å². The van der Waals surface area contributed by atoms with E-state index in [-0.39, 0.29) is 17.8 Å². The van der Waals surface area contributed by atoms with Gasteiger partial charge in [-0.1, -0.05) is 18.3 Å². The highest BCUT2D eigenvalue weighted by Crippen LogP contribution is 2.12. The zero-order valence-electron chi connectivity index (χ0n) is 8.24. The average molecular weight is 215 g/mol. The number of carbonyl (C=O) groups is 1. The van der Waals surface area contributed by atoms with Gasteiger partial charge in [0, 0.05) is 17.1 Å². The van der Waals surface area contributed by atoms with Gasteiger partial charge in [-0.05, 0) is 13.3 Å². The Morgan fingerprint density at radius 3 is 2.64 bits per heavy atom. The molecule has 5 heteroatoms. The van der Waals surface area contributed by atoms with Crippen molar-refractivity contribution in [2.24, 2.45) is 0 Å². The highest BCUT2D eigenvalue weighted by Gasteiger charge is 2.09. The SMILES string of the molecule is CCc1sc(=O)n(CCC(=O)O)c1C. The van der Waals surface area contributed by atoms with Crippen molar-refractivity contribution in [2.75, 3.05) is 0 Å². The number of hydrogen-bond donors (Lipinski definition) is 1. The van der Waals surface area contributed by atoms with Crippen LogP contribution in [-0.4, -0.2) is 15.6 Å². The van der Waals surface area contributed by atoms with Crippen LogP contribution < -0.4 is 4.87 Å². The number of rotatable bonds is 4. The molecule has 0 aromatic carbocycles. The summed E-state index contributed by atoms with van der Waals surface area (Å²) in [6.07, 6.45) is 0.826. The van der Waals surface area contributed by atoms with E-state index in [0.717, 1.165) is 17.0 Å². The van der Waals surface area contributed by atoms with Crippen molar-refractivity contribution >= 4 is 17.3 Å². The maximum atomic E-state index is 11.4. The van der Waals surface area contributed by atoms with Crippen molar-refractivity contribution in [2.45, 2.75) is 33.2 Å². The van der Waals surface area contributed by atoms with Crippen LogP contribution >= 0.6 is 11.3 Å². The van der Waals surface area contributed by atoms with Gasteiger partial charge in [0.25, 0.3) is 0 Å². The van der Waals surface area contributed by atoms with E-state index in [2.05, 4.69) is 0 Å². The molecule has 0 aliphatic carbocycles. The summed E-state index contributed by atoms with van der Waals surface area (Å²) in [5, 5.41) is 8.51. The monoisotopic (exact) mass is 215 g/mol. The molecule has 14 heavy (non-hydrogen) atoms. The molecule has 0 fully saturated rings. The third-order valence-electron chi connectivity index (χ3n) is 2.11. The third kappa shape index (κ3) is 2.23. The summed E-state index contributed by atoms with van der Waals surface area (Å²) in [6.45, 7) is 4.12. The summed E-state index contributed by atoms with van der Waals surface area (Å²) in [5.74, 6) is -0.874. The Labute approximate surface area is 85.8 Å². The zero-order valence-corrected chi connectivity index (χ0v) is 9.06. The lowest BCUT2D eigenvalue weighted by atomic mass is 10.3. The Balaban J connectivity index is 2.91. The fraction of sp³-hybridized carbons (Fsp3) is 0.556. The molecule has 78 valence electrons. The number of hydrogen-bond acceptors (Lipinski definition) is 3. The topological polar surface area (TPSA) is 59.3 Å². The molecule has 0 spiro atoms. The number of carboxylic acid groups (broad SMARTS) is 1. The van der Waals surface area contributed by atoms with E-state index in [1.807, 2.05) is 13.8 Å². The van der Waals surface area contributed by atoms with Gasteiger partial charge in [0.15, 0.2) is 0 Å². The Morgan fingerprint density at radius 2 is 2.21 bits per heavy atom. The van der Waals surface area contributed by atoms with Crippen molar-refractivity contribution in [3.8, 4) is 0 Å². The Hall–Kier alpha value is -1.10. The predicted molar refractivity (Wildman–Crippen MR) is 54.9 cm³/mol. The van der Waals surface area contributed by atoms with E-state index in [9.17, 15) is 9.59 Å². The van der Waals surface area contributed by atoms with Gasteiger partial charge in [-0.3, -0.25) is 9.59 Å². The molecule has 0 saturated carbocycles. The van der Waals surface area contributed by atoms with Crippen LogP contribution in [0.15, 0.2) is 4.79 Å². The van der Waals surface area contributed by atoms with Gasteiger partial charge >= 0.3 is 10.8 Å². The number of thiazole rings is 1.